The van der Waals surface area contributed by atoms with Gasteiger partial charge in [0.25, 0.3) is 0 Å². The first-order chi connectivity index (χ1) is 9.11. The molecule has 0 atom stereocenters. The van der Waals surface area contributed by atoms with E-state index in [9.17, 15) is 4.79 Å². The fourth-order valence-corrected chi connectivity index (χ4v) is 2.92. The molecule has 0 bridgehead atoms. The Hall–Kier alpha value is -1.07. The van der Waals surface area contributed by atoms with Gasteiger partial charge in [0.05, 0.1) is 7.11 Å². The predicted molar refractivity (Wildman–Crippen MR) is 78.1 cm³/mol. The molecule has 1 aliphatic heterocycles. The van der Waals surface area contributed by atoms with Crippen LogP contribution in [-0.2, 0) is 10.2 Å². The number of benzene rings is 1. The molecule has 1 saturated heterocycles. The third-order valence-corrected chi connectivity index (χ3v) is 4.53. The zero-order valence-electron chi connectivity index (χ0n) is 11.1. The maximum atomic E-state index is 11.5. The van der Waals surface area contributed by atoms with Crippen molar-refractivity contribution in [2.24, 2.45) is 5.73 Å². The summed E-state index contributed by atoms with van der Waals surface area (Å²) in [6.07, 6.45) is 1.50. The molecule has 104 valence electrons. The minimum atomic E-state index is -0.249. The summed E-state index contributed by atoms with van der Waals surface area (Å²) in [5.41, 5.74) is 7.25. The summed E-state index contributed by atoms with van der Waals surface area (Å²) < 4.78 is 5.83. The monoisotopic (exact) mass is 326 g/mol. The number of carbonyl (C=O) groups is 1. The van der Waals surface area contributed by atoms with E-state index in [1.165, 1.54) is 12.7 Å². The van der Waals surface area contributed by atoms with Gasteiger partial charge in [0, 0.05) is 29.5 Å². The van der Waals surface area contributed by atoms with Gasteiger partial charge in [0.1, 0.15) is 0 Å². The number of halogens is 1. The van der Waals surface area contributed by atoms with Gasteiger partial charge in [-0.3, -0.25) is 0 Å². The zero-order valence-corrected chi connectivity index (χ0v) is 12.6. The Morgan fingerprint density at radius 3 is 2.42 bits per heavy atom. The number of methoxy groups -OCH3 is 1. The average Bonchev–Trinajstić information content (AvgIpc) is 2.47. The highest BCUT2D eigenvalue weighted by Gasteiger charge is 2.36. The summed E-state index contributed by atoms with van der Waals surface area (Å²) in [5, 5.41) is 0. The third-order valence-electron chi connectivity index (χ3n) is 4.00. The summed E-state index contributed by atoms with van der Waals surface area (Å²) in [6.45, 7) is 1.99. The molecular formula is C14H19BrN2O2. The van der Waals surface area contributed by atoms with Gasteiger partial charge in [-0.15, -0.1) is 0 Å². The smallest absolute Gasteiger partial charge is 0.409 e. The van der Waals surface area contributed by atoms with E-state index in [4.69, 9.17) is 10.5 Å². The van der Waals surface area contributed by atoms with Gasteiger partial charge < -0.3 is 15.4 Å². The van der Waals surface area contributed by atoms with Gasteiger partial charge in [-0.25, -0.2) is 4.79 Å². The molecule has 0 unspecified atom stereocenters. The molecule has 1 heterocycles. The van der Waals surface area contributed by atoms with Crippen LogP contribution in [0.2, 0.25) is 0 Å². The van der Waals surface area contributed by atoms with Crippen LogP contribution >= 0.6 is 15.9 Å². The molecule has 1 aromatic rings. The summed E-state index contributed by atoms with van der Waals surface area (Å²) in [4.78, 5) is 13.3. The van der Waals surface area contributed by atoms with Gasteiger partial charge in [0.2, 0.25) is 0 Å². The summed E-state index contributed by atoms with van der Waals surface area (Å²) in [6, 6.07) is 8.31. The van der Waals surface area contributed by atoms with E-state index in [-0.39, 0.29) is 11.5 Å². The number of ether oxygens (including phenoxy) is 1. The standard InChI is InChI=1S/C14H19BrN2O2/c1-19-13(18)17-8-6-14(10-16,7-9-17)11-2-4-12(15)5-3-11/h2-5H,6-10,16H2,1H3. The molecule has 19 heavy (non-hydrogen) atoms. The van der Waals surface area contributed by atoms with Crippen molar-refractivity contribution in [2.75, 3.05) is 26.7 Å². The normalized spacial score (nSPS) is 18.2. The quantitative estimate of drug-likeness (QED) is 0.908. The van der Waals surface area contributed by atoms with Crippen LogP contribution in [0.15, 0.2) is 28.7 Å². The van der Waals surface area contributed by atoms with Crippen molar-refractivity contribution in [3.8, 4) is 0 Å². The average molecular weight is 327 g/mol. The van der Waals surface area contributed by atoms with Crippen molar-refractivity contribution < 1.29 is 9.53 Å². The van der Waals surface area contributed by atoms with E-state index in [1.54, 1.807) is 4.90 Å². The number of nitrogens with two attached hydrogens (primary N) is 1. The molecule has 4 nitrogen and oxygen atoms in total. The SMILES string of the molecule is COC(=O)N1CCC(CN)(c2ccc(Br)cc2)CC1. The molecule has 2 N–H and O–H groups in total. The van der Waals surface area contributed by atoms with Gasteiger partial charge in [-0.1, -0.05) is 28.1 Å². The van der Waals surface area contributed by atoms with E-state index in [0.29, 0.717) is 19.6 Å². The number of nitrogens with zero attached hydrogens (tertiary/aromatic N) is 1. The molecule has 0 radical (unpaired) electrons. The molecule has 1 aromatic carbocycles. The number of carbonyl (C=O) groups excluding carboxylic acids is 1. The maximum Gasteiger partial charge on any atom is 0.409 e. The van der Waals surface area contributed by atoms with Crippen LogP contribution in [0.1, 0.15) is 18.4 Å². The Morgan fingerprint density at radius 1 is 1.37 bits per heavy atom. The Labute approximate surface area is 122 Å². The molecule has 0 saturated carbocycles. The van der Waals surface area contributed by atoms with Crippen molar-refractivity contribution >= 4 is 22.0 Å². The van der Waals surface area contributed by atoms with E-state index < -0.39 is 0 Å². The summed E-state index contributed by atoms with van der Waals surface area (Å²) in [5.74, 6) is 0. The van der Waals surface area contributed by atoms with Crippen LogP contribution in [0.3, 0.4) is 0 Å². The third kappa shape index (κ3) is 2.92. The Morgan fingerprint density at radius 2 is 1.95 bits per heavy atom. The lowest BCUT2D eigenvalue weighted by molar-refractivity contribution is 0.100. The fourth-order valence-electron chi connectivity index (χ4n) is 2.66. The van der Waals surface area contributed by atoms with Crippen LogP contribution < -0.4 is 5.73 Å². The predicted octanol–water partition coefficient (Wildman–Crippen LogP) is 2.51. The lowest BCUT2D eigenvalue weighted by Crippen LogP contribution is -2.48. The molecule has 1 amide bonds. The minimum Gasteiger partial charge on any atom is -0.453 e. The Balaban J connectivity index is 2.14. The molecule has 2 rings (SSSR count). The minimum absolute atomic E-state index is 0.0226. The number of amides is 1. The topological polar surface area (TPSA) is 55.6 Å². The van der Waals surface area contributed by atoms with Crippen molar-refractivity contribution in [2.45, 2.75) is 18.3 Å². The largest absolute Gasteiger partial charge is 0.453 e. The van der Waals surface area contributed by atoms with E-state index in [0.717, 1.165) is 17.3 Å². The summed E-state index contributed by atoms with van der Waals surface area (Å²) >= 11 is 3.45. The second-order valence-corrected chi connectivity index (χ2v) is 5.86. The van der Waals surface area contributed by atoms with Crippen LogP contribution in [0.4, 0.5) is 4.79 Å². The van der Waals surface area contributed by atoms with Crippen LogP contribution in [0.25, 0.3) is 0 Å². The van der Waals surface area contributed by atoms with Crippen molar-refractivity contribution in [3.63, 3.8) is 0 Å². The maximum absolute atomic E-state index is 11.5. The highest BCUT2D eigenvalue weighted by molar-refractivity contribution is 9.10. The molecule has 0 aromatic heterocycles. The summed E-state index contributed by atoms with van der Waals surface area (Å²) in [7, 11) is 1.42. The van der Waals surface area contributed by atoms with Gasteiger partial charge in [0.15, 0.2) is 0 Å². The second kappa shape index (κ2) is 5.92. The van der Waals surface area contributed by atoms with Crippen molar-refractivity contribution in [3.05, 3.63) is 34.3 Å². The number of rotatable bonds is 2. The molecule has 5 heteroatoms. The number of piperidine rings is 1. The van der Waals surface area contributed by atoms with Crippen LogP contribution in [0, 0.1) is 0 Å². The Bertz CT molecular complexity index is 439. The highest BCUT2D eigenvalue weighted by Crippen LogP contribution is 2.35. The van der Waals surface area contributed by atoms with Crippen LogP contribution in [-0.4, -0.2) is 37.7 Å². The van der Waals surface area contributed by atoms with Gasteiger partial charge in [-0.2, -0.15) is 0 Å². The van der Waals surface area contributed by atoms with Crippen molar-refractivity contribution in [1.29, 1.82) is 0 Å². The first kappa shape index (κ1) is 14.3. The lowest BCUT2D eigenvalue weighted by Gasteiger charge is -2.41. The van der Waals surface area contributed by atoms with Crippen LogP contribution in [0.5, 0.6) is 0 Å². The van der Waals surface area contributed by atoms with E-state index >= 15 is 0 Å². The Kier molecular flexibility index (Phi) is 4.47. The first-order valence-corrected chi connectivity index (χ1v) is 7.19. The number of likely N-dealkylation sites (tertiary alicyclic amines) is 1. The van der Waals surface area contributed by atoms with Crippen molar-refractivity contribution in [1.82, 2.24) is 4.90 Å². The highest BCUT2D eigenvalue weighted by atomic mass is 79.9. The first-order valence-electron chi connectivity index (χ1n) is 6.40. The molecule has 1 fully saturated rings. The fraction of sp³-hybridized carbons (Fsp3) is 0.500. The lowest BCUT2D eigenvalue weighted by atomic mass is 9.73. The molecule has 1 aliphatic rings. The number of hydrogen-bond acceptors (Lipinski definition) is 3. The molecule has 0 aliphatic carbocycles. The van der Waals surface area contributed by atoms with Gasteiger partial charge >= 0.3 is 6.09 Å². The zero-order chi connectivity index (χ0) is 13.9. The van der Waals surface area contributed by atoms with E-state index in [2.05, 4.69) is 28.1 Å². The number of hydrogen-bond donors (Lipinski definition) is 1. The van der Waals surface area contributed by atoms with E-state index in [1.807, 2.05) is 12.1 Å². The van der Waals surface area contributed by atoms with Gasteiger partial charge in [-0.05, 0) is 30.5 Å². The molecule has 0 spiro atoms. The molecular weight excluding hydrogens is 308 g/mol. The second-order valence-electron chi connectivity index (χ2n) is 4.95.